The van der Waals surface area contributed by atoms with Gasteiger partial charge in [-0.25, -0.2) is 0 Å². The number of pyridine rings is 1. The molecule has 2 nitrogen and oxygen atoms in total. The number of benzene rings is 3. The molecule has 1 atom stereocenters. The van der Waals surface area contributed by atoms with Gasteiger partial charge in [0.05, 0.1) is 5.69 Å². The van der Waals surface area contributed by atoms with Gasteiger partial charge in [-0.2, -0.15) is 0 Å². The van der Waals surface area contributed by atoms with Crippen LogP contribution in [0.2, 0.25) is 0 Å². The van der Waals surface area contributed by atoms with Crippen LogP contribution in [-0.2, 0) is 13.1 Å². The van der Waals surface area contributed by atoms with Gasteiger partial charge in [-0.05, 0) is 22.6 Å². The normalized spacial score (nSPS) is 12.4. The summed E-state index contributed by atoms with van der Waals surface area (Å²) >= 11 is 0. The SMILES string of the molecule is CC(CN(Cc1ccccc1)Cc1ccccc1)c1nccc2ccccc12. The number of aromatic nitrogens is 1. The molecule has 0 saturated heterocycles. The van der Waals surface area contributed by atoms with Crippen molar-refractivity contribution >= 4 is 10.8 Å². The zero-order valence-corrected chi connectivity index (χ0v) is 16.3. The predicted octanol–water partition coefficient (Wildman–Crippen LogP) is 6.04. The molecule has 0 amide bonds. The zero-order valence-electron chi connectivity index (χ0n) is 16.3. The van der Waals surface area contributed by atoms with Crippen LogP contribution in [-0.4, -0.2) is 16.4 Å². The molecule has 2 heteroatoms. The van der Waals surface area contributed by atoms with Crippen molar-refractivity contribution in [3.05, 3.63) is 114 Å². The van der Waals surface area contributed by atoms with E-state index in [2.05, 4.69) is 103 Å². The van der Waals surface area contributed by atoms with Crippen molar-refractivity contribution in [3.8, 4) is 0 Å². The first kappa shape index (κ1) is 18.4. The van der Waals surface area contributed by atoms with Crippen LogP contribution in [0.15, 0.2) is 97.2 Å². The maximum atomic E-state index is 4.75. The third kappa shape index (κ3) is 4.47. The van der Waals surface area contributed by atoms with E-state index in [0.29, 0.717) is 5.92 Å². The highest BCUT2D eigenvalue weighted by Crippen LogP contribution is 2.25. The van der Waals surface area contributed by atoms with E-state index >= 15 is 0 Å². The largest absolute Gasteiger partial charge is 0.294 e. The Morgan fingerprint density at radius 2 is 1.29 bits per heavy atom. The fourth-order valence-corrected chi connectivity index (χ4v) is 3.88. The molecule has 4 rings (SSSR count). The molecule has 0 bridgehead atoms. The Hall–Kier alpha value is -2.97. The summed E-state index contributed by atoms with van der Waals surface area (Å²) in [5, 5.41) is 2.52. The first-order valence-corrected chi connectivity index (χ1v) is 9.93. The van der Waals surface area contributed by atoms with E-state index in [0.717, 1.165) is 19.6 Å². The molecule has 0 aliphatic heterocycles. The quantitative estimate of drug-likeness (QED) is 0.396. The lowest BCUT2D eigenvalue weighted by Crippen LogP contribution is -2.27. The van der Waals surface area contributed by atoms with E-state index in [1.807, 2.05) is 6.20 Å². The van der Waals surface area contributed by atoms with Gasteiger partial charge in [0.1, 0.15) is 0 Å². The molecule has 0 aliphatic rings. The van der Waals surface area contributed by atoms with E-state index in [9.17, 15) is 0 Å². The summed E-state index contributed by atoms with van der Waals surface area (Å²) in [4.78, 5) is 7.27. The van der Waals surface area contributed by atoms with Crippen molar-refractivity contribution in [1.82, 2.24) is 9.88 Å². The average molecular weight is 367 g/mol. The Bertz CT molecular complexity index is 965. The monoisotopic (exact) mass is 366 g/mol. The summed E-state index contributed by atoms with van der Waals surface area (Å²) in [5.41, 5.74) is 3.87. The minimum Gasteiger partial charge on any atom is -0.294 e. The third-order valence-electron chi connectivity index (χ3n) is 5.20. The van der Waals surface area contributed by atoms with Crippen molar-refractivity contribution in [3.63, 3.8) is 0 Å². The van der Waals surface area contributed by atoms with Crippen LogP contribution >= 0.6 is 0 Å². The van der Waals surface area contributed by atoms with Gasteiger partial charge >= 0.3 is 0 Å². The summed E-state index contributed by atoms with van der Waals surface area (Å²) in [7, 11) is 0. The van der Waals surface area contributed by atoms with E-state index in [1.165, 1.54) is 27.6 Å². The topological polar surface area (TPSA) is 16.1 Å². The van der Waals surface area contributed by atoms with Gasteiger partial charge in [0, 0.05) is 37.1 Å². The molecule has 3 aromatic carbocycles. The third-order valence-corrected chi connectivity index (χ3v) is 5.20. The van der Waals surface area contributed by atoms with Crippen LogP contribution in [0.4, 0.5) is 0 Å². The number of nitrogens with zero attached hydrogens (tertiary/aromatic N) is 2. The number of rotatable bonds is 7. The van der Waals surface area contributed by atoms with E-state index < -0.39 is 0 Å². The number of hydrogen-bond donors (Lipinski definition) is 0. The second kappa shape index (κ2) is 8.81. The van der Waals surface area contributed by atoms with Gasteiger partial charge in [0.25, 0.3) is 0 Å². The standard InChI is InChI=1S/C26H26N2/c1-21(26-25-15-9-8-14-24(25)16-17-27-26)18-28(19-22-10-4-2-5-11-22)20-23-12-6-3-7-13-23/h2-17,21H,18-20H2,1H3. The highest BCUT2D eigenvalue weighted by Gasteiger charge is 2.16. The van der Waals surface area contributed by atoms with Crippen LogP contribution in [0.5, 0.6) is 0 Å². The van der Waals surface area contributed by atoms with Crippen LogP contribution in [0, 0.1) is 0 Å². The summed E-state index contributed by atoms with van der Waals surface area (Å²) < 4.78 is 0. The molecular formula is C26H26N2. The summed E-state index contributed by atoms with van der Waals surface area (Å²) in [5.74, 6) is 0.346. The van der Waals surface area contributed by atoms with E-state index in [1.54, 1.807) is 0 Å². The highest BCUT2D eigenvalue weighted by molar-refractivity contribution is 5.84. The molecule has 0 spiro atoms. The molecule has 1 aromatic heterocycles. The van der Waals surface area contributed by atoms with Gasteiger partial charge in [-0.15, -0.1) is 0 Å². The Balaban J connectivity index is 1.58. The average Bonchev–Trinajstić information content (AvgIpc) is 2.74. The Morgan fingerprint density at radius 3 is 1.93 bits per heavy atom. The second-order valence-electron chi connectivity index (χ2n) is 7.46. The summed E-state index contributed by atoms with van der Waals surface area (Å²) in [6.07, 6.45) is 1.94. The van der Waals surface area contributed by atoms with Crippen LogP contribution in [0.1, 0.15) is 29.7 Å². The number of hydrogen-bond acceptors (Lipinski definition) is 2. The maximum Gasteiger partial charge on any atom is 0.0522 e. The minimum atomic E-state index is 0.346. The molecule has 1 heterocycles. The van der Waals surface area contributed by atoms with Crippen molar-refractivity contribution in [2.45, 2.75) is 25.9 Å². The van der Waals surface area contributed by atoms with Gasteiger partial charge < -0.3 is 0 Å². The van der Waals surface area contributed by atoms with Crippen molar-refractivity contribution < 1.29 is 0 Å². The molecule has 28 heavy (non-hydrogen) atoms. The molecule has 140 valence electrons. The second-order valence-corrected chi connectivity index (χ2v) is 7.46. The summed E-state index contributed by atoms with van der Waals surface area (Å²) in [6.45, 7) is 5.12. The van der Waals surface area contributed by atoms with Crippen molar-refractivity contribution in [2.24, 2.45) is 0 Å². The van der Waals surface area contributed by atoms with Crippen LogP contribution in [0.3, 0.4) is 0 Å². The Kier molecular flexibility index (Phi) is 5.79. The maximum absolute atomic E-state index is 4.75. The summed E-state index contributed by atoms with van der Waals surface area (Å²) in [6, 6.07) is 32.1. The van der Waals surface area contributed by atoms with Crippen LogP contribution < -0.4 is 0 Å². The molecule has 0 saturated carbocycles. The molecule has 0 fully saturated rings. The van der Waals surface area contributed by atoms with Crippen LogP contribution in [0.25, 0.3) is 10.8 Å². The van der Waals surface area contributed by atoms with E-state index in [4.69, 9.17) is 4.98 Å². The van der Waals surface area contributed by atoms with Gasteiger partial charge in [0.2, 0.25) is 0 Å². The fraction of sp³-hybridized carbons (Fsp3) is 0.192. The minimum absolute atomic E-state index is 0.346. The van der Waals surface area contributed by atoms with Gasteiger partial charge in [-0.3, -0.25) is 9.88 Å². The molecular weight excluding hydrogens is 340 g/mol. The first-order chi connectivity index (χ1) is 13.8. The molecule has 4 aromatic rings. The lowest BCUT2D eigenvalue weighted by molar-refractivity contribution is 0.243. The molecule has 0 radical (unpaired) electrons. The lowest BCUT2D eigenvalue weighted by Gasteiger charge is -2.26. The van der Waals surface area contributed by atoms with Crippen molar-refractivity contribution in [2.75, 3.05) is 6.54 Å². The van der Waals surface area contributed by atoms with Gasteiger partial charge in [-0.1, -0.05) is 91.9 Å². The Labute approximate surface area is 167 Å². The number of fused-ring (bicyclic) bond motifs is 1. The molecule has 0 N–H and O–H groups in total. The zero-order chi connectivity index (χ0) is 19.2. The predicted molar refractivity (Wildman–Crippen MR) is 117 cm³/mol. The smallest absolute Gasteiger partial charge is 0.0522 e. The van der Waals surface area contributed by atoms with E-state index in [-0.39, 0.29) is 0 Å². The lowest BCUT2D eigenvalue weighted by atomic mass is 9.99. The fourth-order valence-electron chi connectivity index (χ4n) is 3.88. The molecule has 1 unspecified atom stereocenters. The highest BCUT2D eigenvalue weighted by atomic mass is 15.1. The van der Waals surface area contributed by atoms with Crippen molar-refractivity contribution in [1.29, 1.82) is 0 Å². The Morgan fingerprint density at radius 1 is 0.714 bits per heavy atom. The molecule has 0 aliphatic carbocycles. The first-order valence-electron chi connectivity index (χ1n) is 9.93. The van der Waals surface area contributed by atoms with Gasteiger partial charge in [0.15, 0.2) is 0 Å².